The second-order valence-corrected chi connectivity index (χ2v) is 9.87. The first-order valence-electron chi connectivity index (χ1n) is 13.5. The Bertz CT molecular complexity index is 1800. The number of nitrogens with zero attached hydrogens (tertiary/aromatic N) is 1. The Balaban J connectivity index is 1.65. The largest absolute Gasteiger partial charge is 0.454 e. The zero-order chi connectivity index (χ0) is 27.4. The van der Waals surface area contributed by atoms with Crippen LogP contribution < -0.4 is 4.57 Å². The van der Waals surface area contributed by atoms with Gasteiger partial charge in [-0.25, -0.2) is 8.96 Å². The number of aryl methyl sites for hydroxylation is 3. The standard InChI is InChI=1S/C31H29FNO/c1-18-12-13-33(5)26(14-18)27-19(2)6-9-23-24-10-11-25(32)28(30(24)34-29(23)27)20-7-8-21-16-31(3,4)17-22(21)15-20/h6-15H,16-17H2,1-5H3/q+1/i16D2,17D2. The van der Waals surface area contributed by atoms with Crippen LogP contribution in [0.4, 0.5) is 4.39 Å². The first-order chi connectivity index (χ1) is 17.8. The maximum absolute atomic E-state index is 15.6. The molecule has 6 rings (SSSR count). The van der Waals surface area contributed by atoms with E-state index in [0.29, 0.717) is 22.3 Å². The minimum Gasteiger partial charge on any atom is -0.454 e. The van der Waals surface area contributed by atoms with Crippen LogP contribution in [0.1, 0.15) is 41.6 Å². The number of hydrogen-bond donors (Lipinski definition) is 0. The average Bonchev–Trinajstić information content (AvgIpc) is 3.27. The average molecular weight is 455 g/mol. The van der Waals surface area contributed by atoms with E-state index in [4.69, 9.17) is 9.90 Å². The molecule has 170 valence electrons. The minimum atomic E-state index is -1.94. The third-order valence-corrected chi connectivity index (χ3v) is 6.73. The summed E-state index contributed by atoms with van der Waals surface area (Å²) >= 11 is 0. The molecule has 0 saturated carbocycles. The number of benzene rings is 3. The van der Waals surface area contributed by atoms with Crippen LogP contribution in [-0.2, 0) is 19.8 Å². The van der Waals surface area contributed by atoms with Gasteiger partial charge in [0, 0.05) is 28.4 Å². The molecule has 2 nitrogen and oxygen atoms in total. The lowest BCUT2D eigenvalue weighted by Crippen LogP contribution is -2.30. The van der Waals surface area contributed by atoms with Gasteiger partial charge in [0.15, 0.2) is 6.20 Å². The lowest BCUT2D eigenvalue weighted by Gasteiger charge is -2.14. The predicted octanol–water partition coefficient (Wildman–Crippen LogP) is 7.63. The van der Waals surface area contributed by atoms with E-state index in [2.05, 4.69) is 6.07 Å². The van der Waals surface area contributed by atoms with Gasteiger partial charge in [0.1, 0.15) is 24.0 Å². The molecule has 0 fully saturated rings. The minimum absolute atomic E-state index is 0.250. The summed E-state index contributed by atoms with van der Waals surface area (Å²) in [6, 6.07) is 16.2. The molecular weight excluding hydrogens is 421 g/mol. The highest BCUT2D eigenvalue weighted by molar-refractivity contribution is 6.13. The number of halogens is 1. The zero-order valence-corrected chi connectivity index (χ0v) is 20.0. The molecule has 3 aromatic carbocycles. The summed E-state index contributed by atoms with van der Waals surface area (Å²) < 4.78 is 59.0. The van der Waals surface area contributed by atoms with Gasteiger partial charge in [-0.05, 0) is 72.0 Å². The molecule has 2 heterocycles. The van der Waals surface area contributed by atoms with Gasteiger partial charge >= 0.3 is 0 Å². The van der Waals surface area contributed by atoms with E-state index in [0.717, 1.165) is 33.2 Å². The van der Waals surface area contributed by atoms with Crippen molar-refractivity contribution in [3.05, 3.63) is 88.9 Å². The van der Waals surface area contributed by atoms with E-state index in [-0.39, 0.29) is 11.1 Å². The van der Waals surface area contributed by atoms with Crippen molar-refractivity contribution < 1.29 is 18.9 Å². The molecule has 34 heavy (non-hydrogen) atoms. The lowest BCUT2D eigenvalue weighted by molar-refractivity contribution is -0.660. The van der Waals surface area contributed by atoms with Gasteiger partial charge in [-0.2, -0.15) is 0 Å². The van der Waals surface area contributed by atoms with Gasteiger partial charge in [-0.1, -0.05) is 44.2 Å². The van der Waals surface area contributed by atoms with Crippen molar-refractivity contribution >= 4 is 21.9 Å². The first kappa shape index (κ1) is 17.0. The Morgan fingerprint density at radius 3 is 2.38 bits per heavy atom. The molecule has 3 heteroatoms. The van der Waals surface area contributed by atoms with E-state index in [9.17, 15) is 0 Å². The second-order valence-electron chi connectivity index (χ2n) is 9.87. The molecule has 0 spiro atoms. The molecule has 0 N–H and O–H groups in total. The molecule has 0 saturated heterocycles. The van der Waals surface area contributed by atoms with Crippen LogP contribution in [0.3, 0.4) is 0 Å². The van der Waals surface area contributed by atoms with Crippen LogP contribution in [0, 0.1) is 25.1 Å². The number of fused-ring (bicyclic) bond motifs is 4. The molecule has 0 amide bonds. The Kier molecular flexibility index (Phi) is 3.64. The van der Waals surface area contributed by atoms with Crippen LogP contribution in [0.5, 0.6) is 0 Å². The molecule has 1 aliphatic rings. The van der Waals surface area contributed by atoms with Crippen molar-refractivity contribution in [2.45, 2.75) is 40.4 Å². The van der Waals surface area contributed by atoms with Crippen molar-refractivity contribution in [3.8, 4) is 22.4 Å². The zero-order valence-electron chi connectivity index (χ0n) is 24.0. The van der Waals surface area contributed by atoms with Crippen LogP contribution in [0.2, 0.25) is 0 Å². The van der Waals surface area contributed by atoms with Gasteiger partial charge in [0.2, 0.25) is 5.69 Å². The van der Waals surface area contributed by atoms with Gasteiger partial charge in [0.05, 0.1) is 11.1 Å². The van der Waals surface area contributed by atoms with Crippen molar-refractivity contribution in [2.75, 3.05) is 0 Å². The molecule has 5 aromatic rings. The number of furan rings is 1. The summed E-state index contributed by atoms with van der Waals surface area (Å²) in [7, 11) is 1.99. The predicted molar refractivity (Wildman–Crippen MR) is 136 cm³/mol. The highest BCUT2D eigenvalue weighted by Gasteiger charge is 2.29. The number of rotatable bonds is 2. The normalized spacial score (nSPS) is 19.5. The highest BCUT2D eigenvalue weighted by Crippen LogP contribution is 2.43. The highest BCUT2D eigenvalue weighted by atomic mass is 19.1. The van der Waals surface area contributed by atoms with E-state index < -0.39 is 24.0 Å². The van der Waals surface area contributed by atoms with E-state index in [1.165, 1.54) is 6.07 Å². The Morgan fingerprint density at radius 2 is 1.59 bits per heavy atom. The van der Waals surface area contributed by atoms with Crippen molar-refractivity contribution in [1.82, 2.24) is 0 Å². The summed E-state index contributed by atoms with van der Waals surface area (Å²) in [4.78, 5) is 0. The molecular formula is C31H29FNO+. The Morgan fingerprint density at radius 1 is 0.882 bits per heavy atom. The molecule has 0 unspecified atom stereocenters. The van der Waals surface area contributed by atoms with Gasteiger partial charge in [-0.15, -0.1) is 0 Å². The number of hydrogen-bond acceptors (Lipinski definition) is 1. The quantitative estimate of drug-likeness (QED) is 0.251. The maximum atomic E-state index is 15.6. The first-order valence-corrected chi connectivity index (χ1v) is 11.5. The Labute approximate surface area is 205 Å². The summed E-state index contributed by atoms with van der Waals surface area (Å²) in [5.41, 5.74) is 5.12. The fourth-order valence-corrected chi connectivity index (χ4v) is 5.11. The van der Waals surface area contributed by atoms with E-state index in [1.54, 1.807) is 38.1 Å². The number of aromatic nitrogens is 1. The van der Waals surface area contributed by atoms with Crippen LogP contribution in [0.15, 0.2) is 65.2 Å². The molecule has 1 aliphatic carbocycles. The van der Waals surface area contributed by atoms with Crippen molar-refractivity contribution in [3.63, 3.8) is 0 Å². The summed E-state index contributed by atoms with van der Waals surface area (Å²) in [6.07, 6.45) is -1.80. The fraction of sp³-hybridized carbons (Fsp3) is 0.258. The van der Waals surface area contributed by atoms with Gasteiger partial charge < -0.3 is 4.42 Å². The summed E-state index contributed by atoms with van der Waals surface area (Å²) in [5.74, 6) is -0.475. The SMILES string of the molecule is [2H]C1([2H])c2ccc(-c3c(F)ccc4c3oc3c(-c5cc(C)cc[n+]5C)c(C)ccc34)cc2C([2H])([2H])C1(C)C. The maximum Gasteiger partial charge on any atom is 0.216 e. The Hall–Kier alpha value is -3.46. The molecule has 0 bridgehead atoms. The van der Waals surface area contributed by atoms with Gasteiger partial charge in [0.25, 0.3) is 0 Å². The molecule has 0 radical (unpaired) electrons. The van der Waals surface area contributed by atoms with Crippen molar-refractivity contribution in [2.24, 2.45) is 12.5 Å². The third-order valence-electron chi connectivity index (χ3n) is 6.73. The molecule has 2 aromatic heterocycles. The van der Waals surface area contributed by atoms with Crippen LogP contribution in [-0.4, -0.2) is 0 Å². The molecule has 0 atom stereocenters. The summed E-state index contributed by atoms with van der Waals surface area (Å²) in [5, 5.41) is 1.64. The monoisotopic (exact) mass is 454 g/mol. The van der Waals surface area contributed by atoms with Crippen LogP contribution >= 0.6 is 0 Å². The second kappa shape index (κ2) is 7.27. The van der Waals surface area contributed by atoms with Crippen molar-refractivity contribution in [1.29, 1.82) is 0 Å². The molecule has 0 aliphatic heterocycles. The topological polar surface area (TPSA) is 17.0 Å². The smallest absolute Gasteiger partial charge is 0.216 e. The van der Waals surface area contributed by atoms with Gasteiger partial charge in [-0.3, -0.25) is 0 Å². The third kappa shape index (κ3) is 3.18. The fourth-order valence-electron chi connectivity index (χ4n) is 5.11. The van der Waals surface area contributed by atoms with E-state index >= 15 is 4.39 Å². The summed E-state index contributed by atoms with van der Waals surface area (Å²) in [6.45, 7) is 7.27. The lowest BCUT2D eigenvalue weighted by atomic mass is 9.90. The van der Waals surface area contributed by atoms with E-state index in [1.807, 2.05) is 49.9 Å². The number of pyridine rings is 1. The van der Waals surface area contributed by atoms with Crippen LogP contribution in [0.25, 0.3) is 44.3 Å².